The van der Waals surface area contributed by atoms with Crippen molar-refractivity contribution in [2.45, 2.75) is 88.5 Å². The standard InChI is InChI=1S/C18H32.2C2H6/c1-7-12(3)17-14(5)10-16-9-11(2)8-13(4)18(16)15(17)6;2*1-2/h10-13,15-18H,7-9H2,1-6H3;2*1-2H3/t11?,12?,13?,15-,16+,17?,18-;;/m1../s1. The predicted molar refractivity (Wildman–Crippen MR) is 103 cm³/mol. The molecule has 0 aromatic rings. The van der Waals surface area contributed by atoms with Crippen LogP contribution in [0.2, 0.25) is 0 Å². The molecule has 0 saturated heterocycles. The lowest BCUT2D eigenvalue weighted by Crippen LogP contribution is -2.41. The van der Waals surface area contributed by atoms with Crippen LogP contribution >= 0.6 is 0 Å². The molecule has 4 unspecified atom stereocenters. The third-order valence-electron chi connectivity index (χ3n) is 6.03. The van der Waals surface area contributed by atoms with Gasteiger partial charge in [0.1, 0.15) is 0 Å². The first-order chi connectivity index (χ1) is 10.5. The minimum absolute atomic E-state index is 0.840. The molecule has 1 fully saturated rings. The Labute approximate surface area is 142 Å². The van der Waals surface area contributed by atoms with Crippen molar-refractivity contribution in [3.05, 3.63) is 11.6 Å². The molecule has 0 aromatic carbocycles. The van der Waals surface area contributed by atoms with E-state index in [9.17, 15) is 0 Å². The third kappa shape index (κ3) is 4.87. The zero-order valence-corrected chi connectivity index (χ0v) is 17.2. The fraction of sp³-hybridized carbons (Fsp3) is 0.909. The maximum absolute atomic E-state index is 2.66. The lowest BCUT2D eigenvalue weighted by Gasteiger charge is -2.49. The summed E-state index contributed by atoms with van der Waals surface area (Å²) in [7, 11) is 0. The van der Waals surface area contributed by atoms with Gasteiger partial charge in [0.15, 0.2) is 0 Å². The smallest absolute Gasteiger partial charge is 0.0152 e. The quantitative estimate of drug-likeness (QED) is 0.461. The summed E-state index contributed by atoms with van der Waals surface area (Å²) in [6.07, 6.45) is 6.87. The number of fused-ring (bicyclic) bond motifs is 1. The van der Waals surface area contributed by atoms with E-state index in [4.69, 9.17) is 0 Å². The van der Waals surface area contributed by atoms with Crippen LogP contribution in [0.4, 0.5) is 0 Å². The molecule has 0 amide bonds. The van der Waals surface area contributed by atoms with Crippen LogP contribution in [0.3, 0.4) is 0 Å². The van der Waals surface area contributed by atoms with Crippen LogP contribution in [0, 0.1) is 41.4 Å². The molecule has 0 aromatic heterocycles. The fourth-order valence-corrected chi connectivity index (χ4v) is 5.34. The molecular formula is C22H44. The van der Waals surface area contributed by atoms with E-state index in [1.165, 1.54) is 19.3 Å². The van der Waals surface area contributed by atoms with Gasteiger partial charge in [-0.2, -0.15) is 0 Å². The Morgan fingerprint density at radius 1 is 1.05 bits per heavy atom. The summed E-state index contributed by atoms with van der Waals surface area (Å²) < 4.78 is 0. The van der Waals surface area contributed by atoms with Crippen molar-refractivity contribution < 1.29 is 0 Å². The van der Waals surface area contributed by atoms with Gasteiger partial charge in [-0.3, -0.25) is 0 Å². The topological polar surface area (TPSA) is 0 Å². The maximum Gasteiger partial charge on any atom is -0.0152 e. The molecule has 2 aliphatic carbocycles. The lowest BCUT2D eigenvalue weighted by atomic mass is 9.56. The van der Waals surface area contributed by atoms with Crippen molar-refractivity contribution in [3.8, 4) is 0 Å². The Kier molecular flexibility index (Phi) is 10.4. The number of allylic oxidation sites excluding steroid dienone is 2. The Bertz CT molecular complexity index is 314. The second kappa shape index (κ2) is 10.5. The van der Waals surface area contributed by atoms with Gasteiger partial charge in [0, 0.05) is 0 Å². The molecule has 0 aliphatic heterocycles. The van der Waals surface area contributed by atoms with Gasteiger partial charge in [-0.15, -0.1) is 0 Å². The highest BCUT2D eigenvalue weighted by Crippen LogP contribution is 2.51. The average molecular weight is 309 g/mol. The van der Waals surface area contributed by atoms with E-state index < -0.39 is 0 Å². The van der Waals surface area contributed by atoms with Crippen LogP contribution in [0.15, 0.2) is 11.6 Å². The molecule has 0 N–H and O–H groups in total. The van der Waals surface area contributed by atoms with Gasteiger partial charge in [-0.25, -0.2) is 0 Å². The summed E-state index contributed by atoms with van der Waals surface area (Å²) in [5.74, 6) is 6.25. The second-order valence-corrected chi connectivity index (χ2v) is 7.48. The van der Waals surface area contributed by atoms with Crippen molar-refractivity contribution in [1.82, 2.24) is 0 Å². The van der Waals surface area contributed by atoms with E-state index in [0.717, 1.165) is 41.4 Å². The SMILES string of the molecule is CC.CC.CCC(C)C1C(C)=C[C@@H]2CC(C)CC(C)[C@@H]2[C@@H]1C. The molecule has 0 bridgehead atoms. The Morgan fingerprint density at radius 3 is 2.09 bits per heavy atom. The zero-order chi connectivity index (χ0) is 17.4. The minimum atomic E-state index is 0.840. The van der Waals surface area contributed by atoms with E-state index in [1.807, 2.05) is 27.7 Å². The summed E-state index contributed by atoms with van der Waals surface area (Å²) in [5, 5.41) is 0. The summed E-state index contributed by atoms with van der Waals surface area (Å²) in [4.78, 5) is 0. The Hall–Kier alpha value is -0.260. The van der Waals surface area contributed by atoms with Crippen molar-refractivity contribution in [1.29, 1.82) is 0 Å². The van der Waals surface area contributed by atoms with Gasteiger partial charge in [0.05, 0.1) is 0 Å². The molecule has 0 spiro atoms. The van der Waals surface area contributed by atoms with Crippen LogP contribution in [0.25, 0.3) is 0 Å². The molecule has 132 valence electrons. The maximum atomic E-state index is 2.66. The first-order valence-electron chi connectivity index (χ1n) is 10.1. The highest BCUT2D eigenvalue weighted by Gasteiger charge is 2.43. The van der Waals surface area contributed by atoms with Crippen LogP contribution < -0.4 is 0 Å². The molecule has 22 heavy (non-hydrogen) atoms. The molecule has 2 rings (SSSR count). The zero-order valence-electron chi connectivity index (χ0n) is 17.2. The first-order valence-corrected chi connectivity index (χ1v) is 10.1. The molecule has 1 saturated carbocycles. The molecule has 2 aliphatic rings. The monoisotopic (exact) mass is 308 g/mol. The van der Waals surface area contributed by atoms with Gasteiger partial charge < -0.3 is 0 Å². The van der Waals surface area contributed by atoms with Gasteiger partial charge in [-0.05, 0) is 61.2 Å². The van der Waals surface area contributed by atoms with E-state index >= 15 is 0 Å². The number of hydrogen-bond donors (Lipinski definition) is 0. The molecule has 0 heterocycles. The minimum Gasteiger partial charge on any atom is -0.0819 e. The van der Waals surface area contributed by atoms with Gasteiger partial charge in [0.2, 0.25) is 0 Å². The van der Waals surface area contributed by atoms with E-state index in [-0.39, 0.29) is 0 Å². The summed E-state index contributed by atoms with van der Waals surface area (Å²) in [6.45, 7) is 22.7. The fourth-order valence-electron chi connectivity index (χ4n) is 5.34. The Balaban J connectivity index is 0.00000102. The summed E-state index contributed by atoms with van der Waals surface area (Å²) in [6, 6.07) is 0. The van der Waals surface area contributed by atoms with Crippen LogP contribution in [-0.2, 0) is 0 Å². The second-order valence-electron chi connectivity index (χ2n) is 7.48. The van der Waals surface area contributed by atoms with E-state index in [0.29, 0.717) is 0 Å². The van der Waals surface area contributed by atoms with Crippen LogP contribution in [-0.4, -0.2) is 0 Å². The summed E-state index contributed by atoms with van der Waals surface area (Å²) >= 11 is 0. The highest BCUT2D eigenvalue weighted by molar-refractivity contribution is 5.16. The van der Waals surface area contributed by atoms with Gasteiger partial charge >= 0.3 is 0 Å². The lowest BCUT2D eigenvalue weighted by molar-refractivity contribution is 0.0541. The Morgan fingerprint density at radius 2 is 1.59 bits per heavy atom. The number of rotatable bonds is 2. The largest absolute Gasteiger partial charge is 0.0819 e. The van der Waals surface area contributed by atoms with E-state index in [1.54, 1.807) is 5.57 Å². The third-order valence-corrected chi connectivity index (χ3v) is 6.03. The van der Waals surface area contributed by atoms with E-state index in [2.05, 4.69) is 47.6 Å². The summed E-state index contributed by atoms with van der Waals surface area (Å²) in [5.41, 5.74) is 1.69. The van der Waals surface area contributed by atoms with Crippen molar-refractivity contribution in [2.24, 2.45) is 41.4 Å². The highest BCUT2D eigenvalue weighted by atomic mass is 14.5. The molecular weight excluding hydrogens is 264 g/mol. The predicted octanol–water partition coefficient (Wildman–Crippen LogP) is 7.60. The van der Waals surface area contributed by atoms with Crippen LogP contribution in [0.1, 0.15) is 88.5 Å². The molecule has 7 atom stereocenters. The van der Waals surface area contributed by atoms with Crippen molar-refractivity contribution in [2.75, 3.05) is 0 Å². The van der Waals surface area contributed by atoms with Gasteiger partial charge in [0.25, 0.3) is 0 Å². The normalized spacial score (nSPS) is 38.4. The van der Waals surface area contributed by atoms with Crippen molar-refractivity contribution in [3.63, 3.8) is 0 Å². The number of hydrogen-bond acceptors (Lipinski definition) is 0. The molecule has 0 radical (unpaired) electrons. The average Bonchev–Trinajstić information content (AvgIpc) is 2.49. The first kappa shape index (κ1) is 21.7. The molecule has 0 heteroatoms. The van der Waals surface area contributed by atoms with Gasteiger partial charge in [-0.1, -0.05) is 80.4 Å². The van der Waals surface area contributed by atoms with Crippen LogP contribution in [0.5, 0.6) is 0 Å². The van der Waals surface area contributed by atoms with Crippen molar-refractivity contribution >= 4 is 0 Å². The molecule has 0 nitrogen and oxygen atoms in total.